The molecule has 2 atom stereocenters. The van der Waals surface area contributed by atoms with E-state index in [-0.39, 0.29) is 24.2 Å². The lowest BCUT2D eigenvalue weighted by Gasteiger charge is -2.29. The molecule has 1 aliphatic heterocycles. The number of fused-ring (bicyclic) bond motifs is 1. The molecule has 0 fully saturated rings. The van der Waals surface area contributed by atoms with Crippen LogP contribution in [0.4, 0.5) is 5.69 Å². The van der Waals surface area contributed by atoms with Gasteiger partial charge in [-0.05, 0) is 51.7 Å². The lowest BCUT2D eigenvalue weighted by molar-refractivity contribution is -0.147. The monoisotopic (exact) mass is 472 g/mol. The molecule has 34 heavy (non-hydrogen) atoms. The highest BCUT2D eigenvalue weighted by Gasteiger charge is 2.30. The van der Waals surface area contributed by atoms with Crippen LogP contribution in [0.5, 0.6) is 0 Å². The summed E-state index contributed by atoms with van der Waals surface area (Å²) in [4.78, 5) is 17.1. The van der Waals surface area contributed by atoms with Crippen molar-refractivity contribution in [2.45, 2.75) is 31.8 Å². The summed E-state index contributed by atoms with van der Waals surface area (Å²) in [5.41, 5.74) is 3.58. The number of thiophene rings is 1. The molecule has 0 unspecified atom stereocenters. The Labute approximate surface area is 201 Å². The number of aromatic nitrogens is 1. The molecule has 0 aliphatic carbocycles. The molecule has 0 saturated heterocycles. The zero-order chi connectivity index (χ0) is 23.3. The van der Waals surface area contributed by atoms with E-state index in [0.717, 1.165) is 16.7 Å². The number of hydrogen-bond acceptors (Lipinski definition) is 6. The fourth-order valence-corrected chi connectivity index (χ4v) is 5.01. The zero-order valence-electron chi connectivity index (χ0n) is 18.4. The van der Waals surface area contributed by atoms with Gasteiger partial charge in [-0.25, -0.2) is 0 Å². The van der Waals surface area contributed by atoms with Gasteiger partial charge in [0.05, 0.1) is 25.1 Å². The molecule has 0 saturated carbocycles. The van der Waals surface area contributed by atoms with Crippen LogP contribution in [0, 0.1) is 0 Å². The van der Waals surface area contributed by atoms with Gasteiger partial charge < -0.3 is 19.9 Å². The Kier molecular flexibility index (Phi) is 6.67. The van der Waals surface area contributed by atoms with Crippen LogP contribution in [0.1, 0.15) is 29.0 Å². The third-order valence-electron chi connectivity index (χ3n) is 5.75. The highest BCUT2D eigenvalue weighted by Crippen LogP contribution is 2.38. The van der Waals surface area contributed by atoms with Gasteiger partial charge in [0.15, 0.2) is 5.76 Å². The number of nitrogens with zero attached hydrogens (tertiary/aromatic N) is 1. The number of aliphatic hydroxyl groups excluding tert-OH is 1. The number of nitrogens with one attached hydrogen (secondary N) is 1. The van der Waals surface area contributed by atoms with Crippen LogP contribution in [0.25, 0.3) is 10.1 Å². The second kappa shape index (κ2) is 10.2. The molecule has 3 heterocycles. The van der Waals surface area contributed by atoms with E-state index in [1.165, 1.54) is 10.1 Å². The molecule has 0 spiro atoms. The first kappa shape index (κ1) is 22.3. The average molecular weight is 473 g/mol. The largest absolute Gasteiger partial charge is 0.459 e. The van der Waals surface area contributed by atoms with Crippen LogP contribution in [-0.4, -0.2) is 22.3 Å². The second-order valence-corrected chi connectivity index (χ2v) is 9.00. The van der Waals surface area contributed by atoms with Crippen molar-refractivity contribution in [1.29, 1.82) is 0 Å². The lowest BCUT2D eigenvalue weighted by Crippen LogP contribution is -2.29. The van der Waals surface area contributed by atoms with E-state index in [1.54, 1.807) is 35.9 Å². The van der Waals surface area contributed by atoms with Gasteiger partial charge in [0.1, 0.15) is 0 Å². The topological polar surface area (TPSA) is 80.7 Å². The smallest absolute Gasteiger partial charge is 0.290 e. The molecule has 0 bridgehead atoms. The molecule has 7 heteroatoms. The fraction of sp³-hybridized carbons (Fsp3) is 0.185. The molecule has 4 aromatic rings. The van der Waals surface area contributed by atoms with Crippen molar-refractivity contribution < 1.29 is 19.4 Å². The molecule has 2 aromatic carbocycles. The first-order valence-corrected chi connectivity index (χ1v) is 11.9. The minimum absolute atomic E-state index is 0.00332. The predicted octanol–water partition coefficient (Wildman–Crippen LogP) is 5.36. The van der Waals surface area contributed by atoms with E-state index in [2.05, 4.69) is 27.8 Å². The van der Waals surface area contributed by atoms with E-state index in [1.807, 2.05) is 42.5 Å². The molecule has 0 radical (unpaired) electrons. The van der Waals surface area contributed by atoms with E-state index >= 15 is 0 Å². The number of allylic oxidation sites excluding steroid dienone is 1. The lowest BCUT2D eigenvalue weighted by atomic mass is 9.92. The minimum Gasteiger partial charge on any atom is -0.459 e. The van der Waals surface area contributed by atoms with Crippen LogP contribution >= 0.6 is 11.3 Å². The van der Waals surface area contributed by atoms with E-state index in [0.29, 0.717) is 18.7 Å². The van der Waals surface area contributed by atoms with Gasteiger partial charge in [-0.15, -0.1) is 11.3 Å². The van der Waals surface area contributed by atoms with Crippen LogP contribution in [-0.2, 0) is 27.5 Å². The number of amides is 1. The molecular formula is C27H24N2O4S. The number of pyridine rings is 1. The van der Waals surface area contributed by atoms with E-state index < -0.39 is 6.29 Å². The third-order valence-corrected chi connectivity index (χ3v) is 6.73. The van der Waals surface area contributed by atoms with Crippen molar-refractivity contribution in [3.63, 3.8) is 0 Å². The number of rotatable bonds is 7. The van der Waals surface area contributed by atoms with Gasteiger partial charge in [-0.1, -0.05) is 42.5 Å². The Morgan fingerprint density at radius 1 is 1.12 bits per heavy atom. The summed E-state index contributed by atoms with van der Waals surface area (Å²) in [5, 5.41) is 15.4. The molecule has 172 valence electrons. The first-order chi connectivity index (χ1) is 16.7. The summed E-state index contributed by atoms with van der Waals surface area (Å²) in [6, 6.07) is 19.4. The predicted molar refractivity (Wildman–Crippen MR) is 132 cm³/mol. The SMILES string of the molecule is O=C(Nc1cccnc1)C1=C[C@@H](c2csc3ccccc23)C[C@@H](OCc2ccc(CO)cc2)O1. The zero-order valence-corrected chi connectivity index (χ0v) is 19.2. The van der Waals surface area contributed by atoms with Crippen LogP contribution in [0.15, 0.2) is 90.3 Å². The van der Waals surface area contributed by atoms with Crippen molar-refractivity contribution in [3.8, 4) is 0 Å². The van der Waals surface area contributed by atoms with Crippen molar-refractivity contribution in [2.75, 3.05) is 5.32 Å². The van der Waals surface area contributed by atoms with Gasteiger partial charge in [0.2, 0.25) is 6.29 Å². The Bertz CT molecular complexity index is 1300. The van der Waals surface area contributed by atoms with Gasteiger partial charge in [-0.2, -0.15) is 0 Å². The number of aliphatic hydroxyl groups is 1. The Balaban J connectivity index is 1.38. The average Bonchev–Trinajstić information content (AvgIpc) is 3.32. The van der Waals surface area contributed by atoms with Crippen molar-refractivity contribution >= 4 is 33.0 Å². The molecule has 6 nitrogen and oxygen atoms in total. The number of ether oxygens (including phenoxy) is 2. The number of carbonyl (C=O) groups excluding carboxylic acids is 1. The van der Waals surface area contributed by atoms with Gasteiger partial charge >= 0.3 is 0 Å². The summed E-state index contributed by atoms with van der Waals surface area (Å²) < 4.78 is 13.3. The normalized spacial score (nSPS) is 17.7. The Morgan fingerprint density at radius 2 is 1.94 bits per heavy atom. The number of hydrogen-bond donors (Lipinski definition) is 2. The molecular weight excluding hydrogens is 448 g/mol. The van der Waals surface area contributed by atoms with Gasteiger partial charge in [0.25, 0.3) is 5.91 Å². The highest BCUT2D eigenvalue weighted by molar-refractivity contribution is 7.17. The Morgan fingerprint density at radius 3 is 2.74 bits per heavy atom. The second-order valence-electron chi connectivity index (χ2n) is 8.09. The summed E-state index contributed by atoms with van der Waals surface area (Å²) in [7, 11) is 0. The quantitative estimate of drug-likeness (QED) is 0.379. The molecule has 1 aliphatic rings. The molecule has 1 amide bonds. The van der Waals surface area contributed by atoms with Crippen molar-refractivity contribution in [1.82, 2.24) is 4.98 Å². The summed E-state index contributed by atoms with van der Waals surface area (Å²) >= 11 is 1.69. The van der Waals surface area contributed by atoms with E-state index in [4.69, 9.17) is 9.47 Å². The highest BCUT2D eigenvalue weighted by atomic mass is 32.1. The van der Waals surface area contributed by atoms with E-state index in [9.17, 15) is 9.90 Å². The summed E-state index contributed by atoms with van der Waals surface area (Å²) in [6.07, 6.45) is 5.14. The summed E-state index contributed by atoms with van der Waals surface area (Å²) in [6.45, 7) is 0.342. The van der Waals surface area contributed by atoms with Gasteiger partial charge in [0, 0.05) is 23.2 Å². The number of carbonyl (C=O) groups is 1. The van der Waals surface area contributed by atoms with Crippen LogP contribution in [0.2, 0.25) is 0 Å². The molecule has 5 rings (SSSR count). The Hall–Kier alpha value is -3.52. The van der Waals surface area contributed by atoms with Crippen LogP contribution < -0.4 is 5.32 Å². The number of anilines is 1. The minimum atomic E-state index is -0.583. The maximum atomic E-state index is 13.0. The maximum absolute atomic E-state index is 13.0. The first-order valence-electron chi connectivity index (χ1n) is 11.1. The van der Waals surface area contributed by atoms with Gasteiger partial charge in [-0.3, -0.25) is 9.78 Å². The van der Waals surface area contributed by atoms with Crippen molar-refractivity contribution in [3.05, 3.63) is 107 Å². The molecule has 2 aromatic heterocycles. The molecule has 2 N–H and O–H groups in total. The standard InChI is InChI=1S/C27H24N2O4S/c30-15-18-7-9-19(10-8-18)16-32-26-13-20(23-17-34-25-6-2-1-5-22(23)25)12-24(33-26)27(31)29-21-4-3-11-28-14-21/h1-12,14,17,20,26,30H,13,15-16H2,(H,29,31)/t20-,26+/m1/s1. The van der Waals surface area contributed by atoms with Crippen molar-refractivity contribution in [2.24, 2.45) is 0 Å². The maximum Gasteiger partial charge on any atom is 0.290 e. The summed E-state index contributed by atoms with van der Waals surface area (Å²) in [5.74, 6) is -0.129. The number of benzene rings is 2. The fourth-order valence-electron chi connectivity index (χ4n) is 3.98. The third kappa shape index (κ3) is 5.02. The van der Waals surface area contributed by atoms with Crippen LogP contribution in [0.3, 0.4) is 0 Å².